The van der Waals surface area contributed by atoms with E-state index in [0.29, 0.717) is 41.5 Å². The summed E-state index contributed by atoms with van der Waals surface area (Å²) < 4.78 is 7.57. The minimum Gasteiger partial charge on any atom is -0.383 e. The molecule has 2 amide bonds. The van der Waals surface area contributed by atoms with E-state index in [9.17, 15) is 9.59 Å². The maximum absolute atomic E-state index is 13.7. The lowest BCUT2D eigenvalue weighted by Crippen LogP contribution is -2.46. The summed E-state index contributed by atoms with van der Waals surface area (Å²) in [7, 11) is 0.911. The highest BCUT2D eigenvalue weighted by molar-refractivity contribution is 6.76. The molecular formula is C31H46N8O3Si. The van der Waals surface area contributed by atoms with Crippen LogP contribution in [0.2, 0.25) is 25.7 Å². The molecule has 0 saturated carbocycles. The molecular weight excluding hydrogens is 560 g/mol. The van der Waals surface area contributed by atoms with Gasteiger partial charge >= 0.3 is 11.8 Å². The lowest BCUT2D eigenvalue weighted by molar-refractivity contribution is -0.146. The number of nitrogens with zero attached hydrogens (tertiary/aromatic N) is 6. The number of piperazine rings is 1. The highest BCUT2D eigenvalue weighted by Crippen LogP contribution is 2.35. The van der Waals surface area contributed by atoms with Crippen LogP contribution in [0.4, 0.5) is 17.2 Å². The fraction of sp³-hybridized carbons (Fsp3) is 0.548. The molecule has 3 aromatic rings. The molecule has 11 nitrogen and oxygen atoms in total. The number of nitrogens with two attached hydrogens (primary N) is 1. The summed E-state index contributed by atoms with van der Waals surface area (Å²) in [6, 6.07) is 9.38. The van der Waals surface area contributed by atoms with E-state index in [1.165, 1.54) is 11.9 Å². The first-order valence-corrected chi connectivity index (χ1v) is 19.0. The molecule has 2 fully saturated rings. The lowest BCUT2D eigenvalue weighted by atomic mass is 9.89. The number of hydrogen-bond donors (Lipinski definition) is 2. The number of likely N-dealkylation sites (tertiary alicyclic amines) is 1. The van der Waals surface area contributed by atoms with Gasteiger partial charge in [-0.2, -0.15) is 5.10 Å². The van der Waals surface area contributed by atoms with Crippen molar-refractivity contribution >= 4 is 48.0 Å². The summed E-state index contributed by atoms with van der Waals surface area (Å²) in [4.78, 5) is 37.9. The zero-order valence-corrected chi connectivity index (χ0v) is 27.2. The highest BCUT2D eigenvalue weighted by Gasteiger charge is 2.34. The summed E-state index contributed by atoms with van der Waals surface area (Å²) in [6.07, 6.45) is 4.90. The van der Waals surface area contributed by atoms with Gasteiger partial charge in [0.15, 0.2) is 0 Å². The third-order valence-electron chi connectivity index (χ3n) is 8.58. The van der Waals surface area contributed by atoms with Gasteiger partial charge in [0.25, 0.3) is 0 Å². The maximum Gasteiger partial charge on any atom is 0.314 e. The Morgan fingerprint density at radius 3 is 2.49 bits per heavy atom. The summed E-state index contributed by atoms with van der Waals surface area (Å²) in [5.41, 5.74) is 9.34. The highest BCUT2D eigenvalue weighted by atomic mass is 28.3. The van der Waals surface area contributed by atoms with Gasteiger partial charge in [-0.3, -0.25) is 9.59 Å². The number of likely N-dealkylation sites (N-methyl/N-ethyl adjacent to an activating group) is 1. The van der Waals surface area contributed by atoms with Crippen LogP contribution >= 0.6 is 0 Å². The molecule has 2 saturated heterocycles. The van der Waals surface area contributed by atoms with E-state index < -0.39 is 19.9 Å². The average Bonchev–Trinajstić information content (AvgIpc) is 3.41. The molecule has 2 aromatic heterocycles. The first kappa shape index (κ1) is 31.0. The van der Waals surface area contributed by atoms with Crippen molar-refractivity contribution < 1.29 is 14.3 Å². The van der Waals surface area contributed by atoms with Gasteiger partial charge in [0.2, 0.25) is 0 Å². The molecule has 0 bridgehead atoms. The molecule has 5 rings (SSSR count). The Hall–Kier alpha value is -3.48. The fourth-order valence-electron chi connectivity index (χ4n) is 5.84. The summed E-state index contributed by atoms with van der Waals surface area (Å²) in [5, 5.41) is 7.85. The second-order valence-corrected chi connectivity index (χ2v) is 18.9. The first-order valence-electron chi connectivity index (χ1n) is 15.3. The third kappa shape index (κ3) is 7.36. The van der Waals surface area contributed by atoms with Crippen LogP contribution in [0.25, 0.3) is 10.9 Å². The van der Waals surface area contributed by atoms with E-state index in [-0.39, 0.29) is 12.8 Å². The van der Waals surface area contributed by atoms with Crippen LogP contribution in [0, 0.1) is 5.92 Å². The molecule has 0 radical (unpaired) electrons. The van der Waals surface area contributed by atoms with Crippen LogP contribution in [0.3, 0.4) is 0 Å². The van der Waals surface area contributed by atoms with Gasteiger partial charge in [0.05, 0.1) is 35.0 Å². The predicted molar refractivity (Wildman–Crippen MR) is 174 cm³/mol. The number of carbonyl (C=O) groups excluding carboxylic acids is 2. The minimum atomic E-state index is -1.24. The number of rotatable bonds is 8. The fourth-order valence-corrected chi connectivity index (χ4v) is 6.60. The van der Waals surface area contributed by atoms with Crippen LogP contribution in [-0.4, -0.2) is 90.8 Å². The van der Waals surface area contributed by atoms with Crippen LogP contribution in [0.1, 0.15) is 31.4 Å². The number of amides is 2. The van der Waals surface area contributed by atoms with E-state index in [2.05, 4.69) is 83.1 Å². The van der Waals surface area contributed by atoms with E-state index >= 15 is 0 Å². The van der Waals surface area contributed by atoms with E-state index in [1.54, 1.807) is 15.8 Å². The largest absolute Gasteiger partial charge is 0.383 e. The van der Waals surface area contributed by atoms with Gasteiger partial charge in [0, 0.05) is 53.1 Å². The van der Waals surface area contributed by atoms with Crippen molar-refractivity contribution in [2.24, 2.45) is 5.92 Å². The van der Waals surface area contributed by atoms with E-state index in [0.717, 1.165) is 50.6 Å². The molecule has 0 spiro atoms. The van der Waals surface area contributed by atoms with Gasteiger partial charge in [-0.15, -0.1) is 0 Å². The number of nitrogen functional groups attached to an aromatic ring is 1. The summed E-state index contributed by atoms with van der Waals surface area (Å²) in [5.74, 6) is -0.648. The zero-order chi connectivity index (χ0) is 30.7. The van der Waals surface area contributed by atoms with Gasteiger partial charge in [-0.25, -0.2) is 9.67 Å². The Bertz CT molecular complexity index is 1430. The molecule has 1 aromatic carbocycles. The topological polar surface area (TPSA) is 122 Å². The monoisotopic (exact) mass is 606 g/mol. The van der Waals surface area contributed by atoms with Gasteiger partial charge in [-0.1, -0.05) is 38.7 Å². The standard InChI is InChI=1S/C31H46N8O3Si/c1-22-6-11-27(23-7-9-24(10-8-23)37-14-12-36(2)13-15-37)38(20-22)31(41)30(40)35-26-19-33-29(32)25-18-34-39(28(25)26)21-42-16-17-43(3,4)5/h7-10,18-19,22,27H,6,11-17,20-21H2,1-5H3,(H2,32,33)(H,35,40)/t22-,27+/m0/s1. The van der Waals surface area contributed by atoms with Crippen molar-refractivity contribution in [1.29, 1.82) is 0 Å². The average molecular weight is 607 g/mol. The Kier molecular flexibility index (Phi) is 9.38. The predicted octanol–water partition coefficient (Wildman–Crippen LogP) is 4.02. The molecule has 4 heterocycles. The molecule has 3 N–H and O–H groups in total. The Balaban J connectivity index is 1.31. The quantitative estimate of drug-likeness (QED) is 0.224. The number of pyridine rings is 1. The van der Waals surface area contributed by atoms with Gasteiger partial charge < -0.3 is 30.5 Å². The molecule has 2 atom stereocenters. The summed E-state index contributed by atoms with van der Waals surface area (Å²) >= 11 is 0. The van der Waals surface area contributed by atoms with Crippen molar-refractivity contribution in [2.45, 2.75) is 58.2 Å². The number of anilines is 3. The van der Waals surface area contributed by atoms with Gasteiger partial charge in [-0.05, 0) is 49.5 Å². The van der Waals surface area contributed by atoms with Crippen molar-refractivity contribution in [1.82, 2.24) is 24.6 Å². The number of benzene rings is 1. The summed E-state index contributed by atoms with van der Waals surface area (Å²) in [6.45, 7) is 14.5. The number of nitrogens with one attached hydrogen (secondary N) is 1. The van der Waals surface area contributed by atoms with E-state index in [1.807, 2.05) is 0 Å². The number of ether oxygens (including phenoxy) is 1. The molecule has 0 unspecified atom stereocenters. The second-order valence-electron chi connectivity index (χ2n) is 13.3. The van der Waals surface area contributed by atoms with E-state index in [4.69, 9.17) is 10.5 Å². The maximum atomic E-state index is 13.7. The number of hydrogen-bond acceptors (Lipinski definition) is 8. The van der Waals surface area contributed by atoms with Crippen molar-refractivity contribution in [3.8, 4) is 0 Å². The smallest absolute Gasteiger partial charge is 0.314 e. The molecule has 43 heavy (non-hydrogen) atoms. The van der Waals surface area contributed by atoms with Crippen LogP contribution < -0.4 is 16.0 Å². The Labute approximate surface area is 255 Å². The molecule has 2 aliphatic rings. The molecule has 232 valence electrons. The normalized spacial score (nSPS) is 20.0. The Morgan fingerprint density at radius 1 is 1.07 bits per heavy atom. The number of fused-ring (bicyclic) bond motifs is 1. The zero-order valence-electron chi connectivity index (χ0n) is 26.2. The molecule has 0 aliphatic carbocycles. The first-order chi connectivity index (χ1) is 20.5. The molecule has 2 aliphatic heterocycles. The van der Waals surface area contributed by atoms with Crippen molar-refractivity contribution in [3.63, 3.8) is 0 Å². The third-order valence-corrected chi connectivity index (χ3v) is 10.3. The van der Waals surface area contributed by atoms with Crippen molar-refractivity contribution in [2.75, 3.05) is 62.3 Å². The van der Waals surface area contributed by atoms with Gasteiger partial charge in [0.1, 0.15) is 12.5 Å². The molecule has 12 heteroatoms. The van der Waals surface area contributed by atoms with Crippen LogP contribution in [-0.2, 0) is 21.1 Å². The lowest BCUT2D eigenvalue weighted by Gasteiger charge is -2.39. The second kappa shape index (κ2) is 13.0. The number of carbonyl (C=O) groups is 2. The minimum absolute atomic E-state index is 0.161. The van der Waals surface area contributed by atoms with Crippen LogP contribution in [0.15, 0.2) is 36.7 Å². The number of aromatic nitrogens is 3. The SMILES string of the molecule is C[C@H]1CC[C@H](c2ccc(N3CCN(C)CC3)cc2)N(C(=O)C(=O)Nc2cnc(N)c3cnn(COCC[Si](C)(C)C)c23)C1. The number of piperidine rings is 1. The van der Waals surface area contributed by atoms with Crippen LogP contribution in [0.5, 0.6) is 0 Å². The van der Waals surface area contributed by atoms with Crippen molar-refractivity contribution in [3.05, 3.63) is 42.2 Å². The Morgan fingerprint density at radius 2 is 1.79 bits per heavy atom.